The Kier molecular flexibility index (Phi) is 7.04. The predicted octanol–water partition coefficient (Wildman–Crippen LogP) is 1.02. The molecule has 1 heterocycles. The SMILES string of the molecule is CCOCCNc1cnn(CCN(C)C)c(=O)c1Br. The number of aromatic nitrogens is 2. The molecule has 1 aromatic heterocycles. The third kappa shape index (κ3) is 5.30. The van der Waals surface area contributed by atoms with Gasteiger partial charge in [-0.1, -0.05) is 0 Å². The van der Waals surface area contributed by atoms with Crippen molar-refractivity contribution in [1.29, 1.82) is 0 Å². The Bertz CT molecular complexity index is 448. The van der Waals surface area contributed by atoms with E-state index in [1.807, 2.05) is 25.9 Å². The van der Waals surface area contributed by atoms with Gasteiger partial charge in [-0.05, 0) is 36.9 Å². The highest BCUT2D eigenvalue weighted by molar-refractivity contribution is 9.10. The minimum atomic E-state index is -0.122. The Morgan fingerprint density at radius 1 is 1.53 bits per heavy atom. The average molecular weight is 333 g/mol. The molecule has 0 radical (unpaired) electrons. The van der Waals surface area contributed by atoms with Crippen LogP contribution in [0, 0.1) is 0 Å². The van der Waals surface area contributed by atoms with E-state index in [0.717, 1.165) is 6.54 Å². The van der Waals surface area contributed by atoms with Gasteiger partial charge in [-0.15, -0.1) is 0 Å². The van der Waals surface area contributed by atoms with Gasteiger partial charge >= 0.3 is 0 Å². The summed E-state index contributed by atoms with van der Waals surface area (Å²) in [7, 11) is 3.92. The summed E-state index contributed by atoms with van der Waals surface area (Å²) < 4.78 is 7.19. The Hall–Kier alpha value is -0.920. The molecule has 0 bridgehead atoms. The summed E-state index contributed by atoms with van der Waals surface area (Å²) in [5.41, 5.74) is 0.578. The molecule has 1 N–H and O–H groups in total. The highest BCUT2D eigenvalue weighted by atomic mass is 79.9. The first-order chi connectivity index (χ1) is 9.06. The Labute approximate surface area is 121 Å². The van der Waals surface area contributed by atoms with Crippen LogP contribution in [-0.4, -0.2) is 55.1 Å². The number of nitrogens with zero attached hydrogens (tertiary/aromatic N) is 3. The third-order valence-electron chi connectivity index (χ3n) is 2.51. The van der Waals surface area contributed by atoms with Crippen molar-refractivity contribution in [1.82, 2.24) is 14.7 Å². The van der Waals surface area contributed by atoms with E-state index in [4.69, 9.17) is 4.74 Å². The van der Waals surface area contributed by atoms with E-state index in [1.165, 1.54) is 4.68 Å². The number of ether oxygens (including phenoxy) is 1. The molecule has 0 aliphatic carbocycles. The fraction of sp³-hybridized carbons (Fsp3) is 0.667. The van der Waals surface area contributed by atoms with Gasteiger partial charge in [-0.3, -0.25) is 4.79 Å². The maximum absolute atomic E-state index is 12.1. The molecule has 0 aromatic carbocycles. The molecule has 0 saturated heterocycles. The summed E-state index contributed by atoms with van der Waals surface area (Å²) in [6, 6.07) is 0. The minimum Gasteiger partial charge on any atom is -0.380 e. The van der Waals surface area contributed by atoms with Crippen LogP contribution in [0.3, 0.4) is 0 Å². The lowest BCUT2D eigenvalue weighted by Gasteiger charge is -2.12. The van der Waals surface area contributed by atoms with Gasteiger partial charge in [0.25, 0.3) is 5.56 Å². The zero-order valence-electron chi connectivity index (χ0n) is 11.6. The molecule has 0 spiro atoms. The largest absolute Gasteiger partial charge is 0.380 e. The maximum atomic E-state index is 12.1. The molecule has 0 saturated carbocycles. The monoisotopic (exact) mass is 332 g/mol. The zero-order valence-corrected chi connectivity index (χ0v) is 13.2. The van der Waals surface area contributed by atoms with Crippen molar-refractivity contribution in [2.45, 2.75) is 13.5 Å². The second-order valence-electron chi connectivity index (χ2n) is 4.33. The molecule has 108 valence electrons. The number of hydrogen-bond donors (Lipinski definition) is 1. The van der Waals surface area contributed by atoms with Crippen LogP contribution in [0.25, 0.3) is 0 Å². The van der Waals surface area contributed by atoms with Crippen LogP contribution < -0.4 is 10.9 Å². The smallest absolute Gasteiger partial charge is 0.283 e. The summed E-state index contributed by atoms with van der Waals surface area (Å²) in [6.07, 6.45) is 1.66. The van der Waals surface area contributed by atoms with Crippen molar-refractivity contribution in [3.63, 3.8) is 0 Å². The van der Waals surface area contributed by atoms with Crippen LogP contribution in [0.2, 0.25) is 0 Å². The predicted molar refractivity (Wildman–Crippen MR) is 79.7 cm³/mol. The highest BCUT2D eigenvalue weighted by Crippen LogP contribution is 2.15. The number of halogens is 1. The molecule has 0 aliphatic heterocycles. The lowest BCUT2D eigenvalue weighted by atomic mass is 10.4. The normalized spacial score (nSPS) is 11.0. The molecule has 0 unspecified atom stereocenters. The van der Waals surface area contributed by atoms with Crippen LogP contribution in [0.4, 0.5) is 5.69 Å². The molecular formula is C12H21BrN4O2. The molecule has 0 fully saturated rings. The summed E-state index contributed by atoms with van der Waals surface area (Å²) in [5, 5.41) is 7.28. The third-order valence-corrected chi connectivity index (χ3v) is 3.28. The zero-order chi connectivity index (χ0) is 14.3. The summed E-state index contributed by atoms with van der Waals surface area (Å²) in [4.78, 5) is 14.1. The quantitative estimate of drug-likeness (QED) is 0.720. The van der Waals surface area contributed by atoms with Crippen LogP contribution in [0.15, 0.2) is 15.5 Å². The lowest BCUT2D eigenvalue weighted by Crippen LogP contribution is -2.29. The van der Waals surface area contributed by atoms with E-state index < -0.39 is 0 Å². The molecule has 6 nitrogen and oxygen atoms in total. The van der Waals surface area contributed by atoms with Crippen molar-refractivity contribution < 1.29 is 4.74 Å². The Balaban J connectivity index is 2.66. The van der Waals surface area contributed by atoms with Crippen LogP contribution in [0.1, 0.15) is 6.92 Å². The maximum Gasteiger partial charge on any atom is 0.283 e. The van der Waals surface area contributed by atoms with Gasteiger partial charge < -0.3 is 15.0 Å². The minimum absolute atomic E-state index is 0.122. The van der Waals surface area contributed by atoms with Crippen molar-refractivity contribution in [2.24, 2.45) is 0 Å². The first kappa shape index (κ1) is 16.1. The van der Waals surface area contributed by atoms with Gasteiger partial charge in [0.1, 0.15) is 4.47 Å². The summed E-state index contributed by atoms with van der Waals surface area (Å²) in [6.45, 7) is 5.23. The summed E-state index contributed by atoms with van der Waals surface area (Å²) >= 11 is 3.32. The second kappa shape index (κ2) is 8.29. The topological polar surface area (TPSA) is 59.4 Å². The first-order valence-electron chi connectivity index (χ1n) is 6.28. The molecule has 0 aliphatic rings. The first-order valence-corrected chi connectivity index (χ1v) is 7.07. The van der Waals surface area contributed by atoms with Gasteiger partial charge in [-0.25, -0.2) is 4.68 Å². The standard InChI is InChI=1S/C12H21BrN4O2/c1-4-19-8-5-14-10-9-15-17(7-6-16(2)3)12(18)11(10)13/h9,14H,4-8H2,1-3H3. The average Bonchev–Trinajstić information content (AvgIpc) is 2.38. The molecule has 19 heavy (non-hydrogen) atoms. The van der Waals surface area contributed by atoms with Crippen molar-refractivity contribution in [3.05, 3.63) is 21.0 Å². The highest BCUT2D eigenvalue weighted by Gasteiger charge is 2.08. The molecule has 0 atom stereocenters. The van der Waals surface area contributed by atoms with Gasteiger partial charge in [0, 0.05) is 19.7 Å². The molecule has 1 rings (SSSR count). The van der Waals surface area contributed by atoms with Gasteiger partial charge in [0.2, 0.25) is 0 Å². The van der Waals surface area contributed by atoms with Crippen molar-refractivity contribution in [2.75, 3.05) is 45.7 Å². The van der Waals surface area contributed by atoms with Gasteiger partial charge in [0.15, 0.2) is 0 Å². The van der Waals surface area contributed by atoms with Crippen molar-refractivity contribution >= 4 is 21.6 Å². The summed E-state index contributed by atoms with van der Waals surface area (Å²) in [5.74, 6) is 0. The fourth-order valence-corrected chi connectivity index (χ4v) is 1.89. The fourth-order valence-electron chi connectivity index (χ4n) is 1.44. The number of likely N-dealkylation sites (N-methyl/N-ethyl adjacent to an activating group) is 1. The molecule has 0 amide bonds. The van der Waals surface area contributed by atoms with Crippen LogP contribution in [-0.2, 0) is 11.3 Å². The van der Waals surface area contributed by atoms with E-state index in [0.29, 0.717) is 36.5 Å². The van der Waals surface area contributed by atoms with Crippen molar-refractivity contribution in [3.8, 4) is 0 Å². The van der Waals surface area contributed by atoms with Crippen LogP contribution >= 0.6 is 15.9 Å². The van der Waals surface area contributed by atoms with E-state index in [2.05, 4.69) is 26.3 Å². The number of rotatable bonds is 8. The molecule has 1 aromatic rings. The van der Waals surface area contributed by atoms with E-state index >= 15 is 0 Å². The second-order valence-corrected chi connectivity index (χ2v) is 5.12. The Morgan fingerprint density at radius 2 is 2.26 bits per heavy atom. The van der Waals surface area contributed by atoms with E-state index in [-0.39, 0.29) is 5.56 Å². The Morgan fingerprint density at radius 3 is 2.89 bits per heavy atom. The van der Waals surface area contributed by atoms with Crippen LogP contribution in [0.5, 0.6) is 0 Å². The van der Waals surface area contributed by atoms with E-state index in [1.54, 1.807) is 6.20 Å². The molecular weight excluding hydrogens is 312 g/mol. The van der Waals surface area contributed by atoms with E-state index in [9.17, 15) is 4.79 Å². The lowest BCUT2D eigenvalue weighted by molar-refractivity contribution is 0.158. The molecule has 7 heteroatoms. The van der Waals surface area contributed by atoms with Gasteiger partial charge in [-0.2, -0.15) is 5.10 Å². The number of hydrogen-bond acceptors (Lipinski definition) is 5. The number of anilines is 1. The van der Waals surface area contributed by atoms with Gasteiger partial charge in [0.05, 0.1) is 25.0 Å². The number of nitrogens with one attached hydrogen (secondary N) is 1.